The molecule has 0 saturated carbocycles. The van der Waals surface area contributed by atoms with E-state index < -0.39 is 5.41 Å². The van der Waals surface area contributed by atoms with E-state index in [0.717, 1.165) is 61.3 Å². The molecule has 246 valence electrons. The molecule has 2 aliphatic rings. The van der Waals surface area contributed by atoms with Gasteiger partial charge in [0, 0.05) is 16.5 Å². The van der Waals surface area contributed by atoms with E-state index in [-0.39, 0.29) is 0 Å². The summed E-state index contributed by atoms with van der Waals surface area (Å²) in [5.74, 6) is 1.70. The highest BCUT2D eigenvalue weighted by Crippen LogP contribution is 2.60. The largest absolute Gasteiger partial charge is 0.452 e. The smallest absolute Gasteiger partial charge is 0.180 e. The van der Waals surface area contributed by atoms with Crippen LogP contribution in [0.5, 0.6) is 0 Å². The Kier molecular flexibility index (Phi) is 5.64. The van der Waals surface area contributed by atoms with Gasteiger partial charge in [-0.2, -0.15) is 0 Å². The van der Waals surface area contributed by atoms with Gasteiger partial charge in [-0.15, -0.1) is 0 Å². The lowest BCUT2D eigenvalue weighted by Gasteiger charge is -2.27. The molecule has 53 heavy (non-hydrogen) atoms. The first-order valence-electron chi connectivity index (χ1n) is 18.0. The van der Waals surface area contributed by atoms with Gasteiger partial charge in [0.05, 0.1) is 16.7 Å². The lowest BCUT2D eigenvalue weighted by molar-refractivity contribution is 0.667. The summed E-state index contributed by atoms with van der Waals surface area (Å²) in [5, 5.41) is 0.977. The van der Waals surface area contributed by atoms with E-state index in [0.29, 0.717) is 11.4 Å². The van der Waals surface area contributed by atoms with Crippen molar-refractivity contribution in [1.29, 1.82) is 0 Å². The van der Waals surface area contributed by atoms with Crippen molar-refractivity contribution in [3.63, 3.8) is 0 Å². The fraction of sp³-hybridized carbons (Fsp3) is 0.0208. The number of para-hydroxylation sites is 2. The van der Waals surface area contributed by atoms with Gasteiger partial charge in [0.1, 0.15) is 28.0 Å². The lowest BCUT2D eigenvalue weighted by Crippen LogP contribution is -2.27. The van der Waals surface area contributed by atoms with Crippen molar-refractivity contribution in [1.82, 2.24) is 19.5 Å². The lowest BCUT2D eigenvalue weighted by atomic mass is 9.73. The Balaban J connectivity index is 1.03. The summed E-state index contributed by atoms with van der Waals surface area (Å²) in [7, 11) is 0. The molecule has 12 rings (SSSR count). The minimum atomic E-state index is -0.493. The average molecular weight is 677 g/mol. The summed E-state index contributed by atoms with van der Waals surface area (Å²) in [6.07, 6.45) is 0. The standard InChI is InChI=1S/C48H28N4O/c1-2-13-29(14-3-1)43-45-44(35-19-6-11-24-42(35)53-45)51-46(50-43)32-16-12-15-30(27-32)31-25-26-41-39(28-31)49-47-48(38-22-9-10-23-40(38)52(41)47)36-20-7-4-17-33(36)34-18-5-8-21-37(34)48/h1-28H. The van der Waals surface area contributed by atoms with Gasteiger partial charge in [0.25, 0.3) is 0 Å². The molecule has 5 nitrogen and oxygen atoms in total. The number of fused-ring (bicyclic) bond motifs is 15. The number of hydrogen-bond acceptors (Lipinski definition) is 4. The Labute approximate surface area is 304 Å². The van der Waals surface area contributed by atoms with E-state index in [1.165, 1.54) is 33.5 Å². The maximum atomic E-state index is 6.35. The highest BCUT2D eigenvalue weighted by molar-refractivity contribution is 6.07. The summed E-state index contributed by atoms with van der Waals surface area (Å²) >= 11 is 0. The van der Waals surface area contributed by atoms with Crippen LogP contribution in [-0.2, 0) is 5.41 Å². The molecule has 1 aliphatic carbocycles. The van der Waals surface area contributed by atoms with Crippen LogP contribution < -0.4 is 0 Å². The topological polar surface area (TPSA) is 56.7 Å². The van der Waals surface area contributed by atoms with Crippen molar-refractivity contribution >= 4 is 33.1 Å². The van der Waals surface area contributed by atoms with Gasteiger partial charge in [0.2, 0.25) is 0 Å². The summed E-state index contributed by atoms with van der Waals surface area (Å²) < 4.78 is 8.73. The van der Waals surface area contributed by atoms with Crippen molar-refractivity contribution in [2.24, 2.45) is 0 Å². The van der Waals surface area contributed by atoms with E-state index >= 15 is 0 Å². The Morgan fingerprint density at radius 2 is 1.15 bits per heavy atom. The molecule has 0 radical (unpaired) electrons. The van der Waals surface area contributed by atoms with Crippen molar-refractivity contribution in [3.05, 3.63) is 192 Å². The third-order valence-corrected chi connectivity index (χ3v) is 11.2. The third kappa shape index (κ3) is 3.78. The van der Waals surface area contributed by atoms with Crippen LogP contribution in [-0.4, -0.2) is 19.5 Å². The molecule has 0 saturated heterocycles. The van der Waals surface area contributed by atoms with Crippen LogP contribution in [0.1, 0.15) is 22.5 Å². The molecule has 10 aromatic rings. The molecular weight excluding hydrogens is 649 g/mol. The molecule has 1 spiro atoms. The molecular formula is C48H28N4O. The van der Waals surface area contributed by atoms with Crippen molar-refractivity contribution in [3.8, 4) is 50.6 Å². The van der Waals surface area contributed by atoms with E-state index in [4.69, 9.17) is 19.4 Å². The second kappa shape index (κ2) is 10.5. The average Bonchev–Trinajstić information content (AvgIpc) is 3.95. The number of benzene rings is 7. The second-order valence-corrected chi connectivity index (χ2v) is 14.0. The zero-order chi connectivity index (χ0) is 34.7. The highest BCUT2D eigenvalue weighted by Gasteiger charge is 2.54. The third-order valence-electron chi connectivity index (χ3n) is 11.2. The summed E-state index contributed by atoms with van der Waals surface area (Å²) in [6.45, 7) is 0. The SMILES string of the molecule is c1ccc(-c2nc(-c3cccc(-c4ccc5c(c4)nc4n5-c5ccccc5C45c4ccccc4-c4ccccc45)c3)nc3c2oc2ccccc23)cc1. The van der Waals surface area contributed by atoms with Crippen LogP contribution in [0, 0.1) is 0 Å². The highest BCUT2D eigenvalue weighted by atomic mass is 16.3. The summed E-state index contributed by atoms with van der Waals surface area (Å²) in [5.41, 5.74) is 16.3. The van der Waals surface area contributed by atoms with Gasteiger partial charge in [-0.1, -0.05) is 133 Å². The van der Waals surface area contributed by atoms with Gasteiger partial charge in [-0.3, -0.25) is 4.57 Å². The van der Waals surface area contributed by atoms with Crippen LogP contribution in [0.3, 0.4) is 0 Å². The minimum absolute atomic E-state index is 0.493. The van der Waals surface area contributed by atoms with Gasteiger partial charge < -0.3 is 4.42 Å². The molecule has 0 amide bonds. The monoisotopic (exact) mass is 676 g/mol. The van der Waals surface area contributed by atoms with Gasteiger partial charge >= 0.3 is 0 Å². The van der Waals surface area contributed by atoms with Crippen molar-refractivity contribution < 1.29 is 4.42 Å². The Morgan fingerprint density at radius 1 is 0.491 bits per heavy atom. The molecule has 0 unspecified atom stereocenters. The molecule has 1 aliphatic heterocycles. The number of hydrogen-bond donors (Lipinski definition) is 0. The Hall–Kier alpha value is -7.11. The van der Waals surface area contributed by atoms with Gasteiger partial charge in [-0.05, 0) is 75.3 Å². The number of aromatic nitrogens is 4. The van der Waals surface area contributed by atoms with Crippen LogP contribution in [0.4, 0.5) is 0 Å². The maximum absolute atomic E-state index is 6.35. The van der Waals surface area contributed by atoms with Gasteiger partial charge in [-0.25, -0.2) is 15.0 Å². The van der Waals surface area contributed by atoms with E-state index in [9.17, 15) is 0 Å². The normalized spacial score (nSPS) is 13.4. The zero-order valence-electron chi connectivity index (χ0n) is 28.4. The van der Waals surface area contributed by atoms with E-state index in [1.807, 2.05) is 36.4 Å². The van der Waals surface area contributed by atoms with E-state index in [1.54, 1.807) is 0 Å². The predicted molar refractivity (Wildman–Crippen MR) is 211 cm³/mol. The van der Waals surface area contributed by atoms with Crippen LogP contribution in [0.15, 0.2) is 174 Å². The molecule has 7 aromatic carbocycles. The quantitative estimate of drug-likeness (QED) is 0.187. The van der Waals surface area contributed by atoms with Crippen LogP contribution in [0.2, 0.25) is 0 Å². The number of imidazole rings is 1. The molecule has 0 N–H and O–H groups in total. The number of rotatable bonds is 3. The fourth-order valence-electron chi connectivity index (χ4n) is 8.98. The Morgan fingerprint density at radius 3 is 1.98 bits per heavy atom. The van der Waals surface area contributed by atoms with Crippen LogP contribution >= 0.6 is 0 Å². The summed E-state index contributed by atoms with van der Waals surface area (Å²) in [6, 6.07) is 59.9. The molecule has 4 heterocycles. The number of furan rings is 1. The zero-order valence-corrected chi connectivity index (χ0v) is 28.4. The first-order chi connectivity index (χ1) is 26.3. The Bertz CT molecular complexity index is 3090. The molecule has 0 atom stereocenters. The molecule has 0 bridgehead atoms. The fourth-order valence-corrected chi connectivity index (χ4v) is 8.98. The maximum Gasteiger partial charge on any atom is 0.180 e. The van der Waals surface area contributed by atoms with Crippen molar-refractivity contribution in [2.75, 3.05) is 0 Å². The predicted octanol–water partition coefficient (Wildman–Crippen LogP) is 11.4. The first kappa shape index (κ1) is 28.6. The second-order valence-electron chi connectivity index (χ2n) is 14.0. The van der Waals surface area contributed by atoms with Crippen LogP contribution in [0.25, 0.3) is 83.7 Å². The van der Waals surface area contributed by atoms with E-state index in [2.05, 4.69) is 138 Å². The number of nitrogens with zero attached hydrogens (tertiary/aromatic N) is 4. The van der Waals surface area contributed by atoms with Gasteiger partial charge in [0.15, 0.2) is 11.4 Å². The minimum Gasteiger partial charge on any atom is -0.452 e. The summed E-state index contributed by atoms with van der Waals surface area (Å²) in [4.78, 5) is 15.8. The molecule has 0 fully saturated rings. The first-order valence-corrected chi connectivity index (χ1v) is 18.0. The van der Waals surface area contributed by atoms with Crippen molar-refractivity contribution in [2.45, 2.75) is 5.41 Å². The molecule has 3 aromatic heterocycles. The molecule has 5 heteroatoms.